The molecule has 0 saturated heterocycles. The predicted octanol–water partition coefficient (Wildman–Crippen LogP) is -1.32. The number of carboxylic acid groups (broad SMARTS) is 2. The number of rotatable bonds is 4. The van der Waals surface area contributed by atoms with Crippen LogP contribution < -0.4 is 28.5 Å². The summed E-state index contributed by atoms with van der Waals surface area (Å²) in [5.41, 5.74) is 1.13. The lowest BCUT2D eigenvalue weighted by Crippen LogP contribution is -3.00. The third-order valence-corrected chi connectivity index (χ3v) is 3.57. The first-order chi connectivity index (χ1) is 9.42. The minimum atomic E-state index is -1.23. The van der Waals surface area contributed by atoms with Gasteiger partial charge in [0.25, 0.3) is 5.82 Å². The van der Waals surface area contributed by atoms with E-state index in [0.717, 1.165) is 16.9 Å². The van der Waals surface area contributed by atoms with Crippen molar-refractivity contribution in [2.45, 2.75) is 33.9 Å². The standard InChI is InChI=1S/C14H16N2O4.HI/c1-4-15-8(3)16(5-2)12-7-10(14(19)20)9(13(17)18)6-11(12)15;/h6-7H,4-5H2,1-3H3,(H-,17,18,19,20);1H. The van der Waals surface area contributed by atoms with Crippen molar-refractivity contribution in [1.82, 2.24) is 4.57 Å². The summed E-state index contributed by atoms with van der Waals surface area (Å²) in [4.78, 5) is 22.5. The van der Waals surface area contributed by atoms with E-state index < -0.39 is 11.9 Å². The number of nitrogens with zero attached hydrogens (tertiary/aromatic N) is 2. The van der Waals surface area contributed by atoms with Gasteiger partial charge in [-0.2, -0.15) is 0 Å². The van der Waals surface area contributed by atoms with Gasteiger partial charge in [-0.15, -0.1) is 0 Å². The largest absolute Gasteiger partial charge is 1.00 e. The monoisotopic (exact) mass is 404 g/mol. The topological polar surface area (TPSA) is 83.4 Å². The maximum atomic E-state index is 11.3. The summed E-state index contributed by atoms with van der Waals surface area (Å²) >= 11 is 0. The second-order valence-corrected chi connectivity index (χ2v) is 4.53. The SMILES string of the molecule is CCn1c(C)[n+](CC)c2cc(C(=O)O)c(C(=O)O)cc21.[I-]. The van der Waals surface area contributed by atoms with Gasteiger partial charge in [0.2, 0.25) is 0 Å². The normalized spacial score (nSPS) is 10.4. The molecule has 1 aromatic carbocycles. The van der Waals surface area contributed by atoms with E-state index in [-0.39, 0.29) is 35.1 Å². The first kappa shape index (κ1) is 17.4. The van der Waals surface area contributed by atoms with Crippen LogP contribution in [0.5, 0.6) is 0 Å². The predicted molar refractivity (Wildman–Crippen MR) is 72.1 cm³/mol. The van der Waals surface area contributed by atoms with Crippen molar-refractivity contribution in [2.24, 2.45) is 0 Å². The molecule has 0 spiro atoms. The Morgan fingerprint density at radius 3 is 2.10 bits per heavy atom. The summed E-state index contributed by atoms with van der Waals surface area (Å²) in [5.74, 6) is -1.48. The molecule has 0 atom stereocenters. The average Bonchev–Trinajstić information content (AvgIpc) is 2.67. The van der Waals surface area contributed by atoms with Crippen LogP contribution in [0.15, 0.2) is 12.1 Å². The molecule has 2 rings (SSSR count). The van der Waals surface area contributed by atoms with Crippen LogP contribution in [0.2, 0.25) is 0 Å². The van der Waals surface area contributed by atoms with Crippen LogP contribution in [-0.2, 0) is 13.1 Å². The van der Waals surface area contributed by atoms with Gasteiger partial charge >= 0.3 is 11.9 Å². The second-order valence-electron chi connectivity index (χ2n) is 4.53. The lowest BCUT2D eigenvalue weighted by atomic mass is 10.1. The van der Waals surface area contributed by atoms with E-state index in [1.165, 1.54) is 12.1 Å². The highest BCUT2D eigenvalue weighted by Crippen LogP contribution is 2.21. The number of hydrogen-bond donors (Lipinski definition) is 2. The third kappa shape index (κ3) is 2.74. The van der Waals surface area contributed by atoms with Crippen molar-refractivity contribution in [1.29, 1.82) is 0 Å². The molecule has 114 valence electrons. The molecular weight excluding hydrogens is 387 g/mol. The van der Waals surface area contributed by atoms with Crippen LogP contribution in [0.1, 0.15) is 40.4 Å². The smallest absolute Gasteiger partial charge is 0.336 e. The molecule has 0 radical (unpaired) electrons. The molecule has 0 aliphatic rings. The van der Waals surface area contributed by atoms with Gasteiger partial charge < -0.3 is 34.2 Å². The van der Waals surface area contributed by atoms with Gasteiger partial charge in [0.1, 0.15) is 0 Å². The molecule has 0 bridgehead atoms. The maximum absolute atomic E-state index is 11.3. The summed E-state index contributed by atoms with van der Waals surface area (Å²) in [5, 5.41) is 18.4. The molecule has 0 aliphatic carbocycles. The summed E-state index contributed by atoms with van der Waals surface area (Å²) < 4.78 is 3.97. The van der Waals surface area contributed by atoms with Crippen LogP contribution >= 0.6 is 0 Å². The van der Waals surface area contributed by atoms with E-state index in [1.54, 1.807) is 0 Å². The lowest BCUT2D eigenvalue weighted by molar-refractivity contribution is -0.674. The van der Waals surface area contributed by atoms with Gasteiger partial charge in [0.05, 0.1) is 24.2 Å². The fourth-order valence-electron chi connectivity index (χ4n) is 2.66. The van der Waals surface area contributed by atoms with Crippen LogP contribution in [0.4, 0.5) is 0 Å². The van der Waals surface area contributed by atoms with Gasteiger partial charge in [0, 0.05) is 19.1 Å². The Balaban J connectivity index is 0.00000220. The van der Waals surface area contributed by atoms with Gasteiger partial charge in [-0.05, 0) is 13.8 Å². The molecule has 0 unspecified atom stereocenters. The van der Waals surface area contributed by atoms with Crippen molar-refractivity contribution < 1.29 is 48.3 Å². The number of benzene rings is 1. The van der Waals surface area contributed by atoms with Crippen LogP contribution in [0.3, 0.4) is 0 Å². The summed E-state index contributed by atoms with van der Waals surface area (Å²) in [6.07, 6.45) is 0. The first-order valence-electron chi connectivity index (χ1n) is 6.45. The number of aryl methyl sites for hydroxylation is 2. The summed E-state index contributed by atoms with van der Waals surface area (Å²) in [6.45, 7) is 7.27. The molecule has 2 N–H and O–H groups in total. The Bertz CT molecular complexity index is 663. The highest BCUT2D eigenvalue weighted by Gasteiger charge is 2.25. The Labute approximate surface area is 139 Å². The minimum Gasteiger partial charge on any atom is -1.00 e. The third-order valence-electron chi connectivity index (χ3n) is 3.57. The van der Waals surface area contributed by atoms with Gasteiger partial charge in [-0.25, -0.2) is 18.7 Å². The maximum Gasteiger partial charge on any atom is 0.336 e. The quantitative estimate of drug-likeness (QED) is 0.489. The minimum absolute atomic E-state index is 0. The molecule has 0 fully saturated rings. The molecule has 2 aromatic rings. The second kappa shape index (κ2) is 6.42. The Kier molecular flexibility index (Phi) is 5.32. The van der Waals surface area contributed by atoms with E-state index in [2.05, 4.69) is 0 Å². The van der Waals surface area contributed by atoms with E-state index in [4.69, 9.17) is 0 Å². The summed E-state index contributed by atoms with van der Waals surface area (Å²) in [7, 11) is 0. The van der Waals surface area contributed by atoms with Crippen molar-refractivity contribution >= 4 is 23.0 Å². The zero-order chi connectivity index (χ0) is 15.0. The Hall–Kier alpha value is -1.64. The van der Waals surface area contributed by atoms with Gasteiger partial charge in [-0.3, -0.25) is 0 Å². The van der Waals surface area contributed by atoms with Crippen molar-refractivity contribution in [3.05, 3.63) is 29.1 Å². The van der Waals surface area contributed by atoms with Crippen LogP contribution in [0, 0.1) is 6.92 Å². The Morgan fingerprint density at radius 2 is 1.67 bits per heavy atom. The lowest BCUT2D eigenvalue weighted by Gasteiger charge is -2.01. The number of carbonyl (C=O) groups is 2. The van der Waals surface area contributed by atoms with E-state index in [9.17, 15) is 19.8 Å². The molecule has 6 nitrogen and oxygen atoms in total. The average molecular weight is 404 g/mol. The zero-order valence-corrected chi connectivity index (χ0v) is 14.2. The fourth-order valence-corrected chi connectivity index (χ4v) is 2.66. The molecular formula is C14H17IN2O4. The molecule has 0 saturated carbocycles. The number of carboxylic acids is 2. The van der Waals surface area contributed by atoms with Crippen LogP contribution in [-0.4, -0.2) is 26.7 Å². The number of halogens is 1. The molecule has 1 aromatic heterocycles. The highest BCUT2D eigenvalue weighted by molar-refractivity contribution is 6.04. The van der Waals surface area contributed by atoms with Crippen molar-refractivity contribution in [3.8, 4) is 0 Å². The van der Waals surface area contributed by atoms with Gasteiger partial charge in [0.15, 0.2) is 11.0 Å². The number of aromatic nitrogens is 2. The van der Waals surface area contributed by atoms with Crippen LogP contribution in [0.25, 0.3) is 11.0 Å². The van der Waals surface area contributed by atoms with E-state index in [0.29, 0.717) is 13.1 Å². The number of imidazole rings is 1. The Morgan fingerprint density at radius 1 is 1.14 bits per heavy atom. The van der Waals surface area contributed by atoms with Gasteiger partial charge in [-0.1, -0.05) is 0 Å². The molecule has 0 amide bonds. The van der Waals surface area contributed by atoms with E-state index in [1.807, 2.05) is 29.9 Å². The molecule has 21 heavy (non-hydrogen) atoms. The first-order valence-corrected chi connectivity index (χ1v) is 6.45. The molecule has 0 aliphatic heterocycles. The van der Waals surface area contributed by atoms with Crippen molar-refractivity contribution in [2.75, 3.05) is 0 Å². The number of hydrogen-bond acceptors (Lipinski definition) is 2. The van der Waals surface area contributed by atoms with E-state index >= 15 is 0 Å². The molecule has 1 heterocycles. The fraction of sp³-hybridized carbons (Fsp3) is 0.357. The van der Waals surface area contributed by atoms with Crippen molar-refractivity contribution in [3.63, 3.8) is 0 Å². The number of aromatic carboxylic acids is 2. The molecule has 7 heteroatoms. The highest BCUT2D eigenvalue weighted by atomic mass is 127. The number of fused-ring (bicyclic) bond motifs is 1. The summed E-state index contributed by atoms with van der Waals surface area (Å²) in [6, 6.07) is 2.90. The zero-order valence-electron chi connectivity index (χ0n) is 12.1.